The Balaban J connectivity index is 2.26. The summed E-state index contributed by atoms with van der Waals surface area (Å²) in [4.78, 5) is 51.3. The van der Waals surface area contributed by atoms with Crippen LogP contribution in [0.2, 0.25) is 0 Å². The van der Waals surface area contributed by atoms with E-state index in [9.17, 15) is 37.6 Å². The van der Waals surface area contributed by atoms with Gasteiger partial charge in [0, 0.05) is 25.4 Å². The van der Waals surface area contributed by atoms with E-state index < -0.39 is 59.5 Å². The van der Waals surface area contributed by atoms with E-state index in [4.69, 9.17) is 4.74 Å². The Bertz CT molecular complexity index is 896. The number of rotatable bonds is 8. The normalized spacial score (nSPS) is 24.2. The lowest BCUT2D eigenvalue weighted by molar-refractivity contribution is -0.176. The first-order chi connectivity index (χ1) is 16.5. The van der Waals surface area contributed by atoms with Crippen LogP contribution in [0.5, 0.6) is 0 Å². The predicted octanol–water partition coefficient (Wildman–Crippen LogP) is 1.01. The molecule has 0 aromatic heterocycles. The van der Waals surface area contributed by atoms with Gasteiger partial charge in [0.05, 0.1) is 18.3 Å². The molecule has 0 radical (unpaired) electrons. The molecule has 10 nitrogen and oxygen atoms in total. The number of amides is 4. The maximum absolute atomic E-state index is 13.5. The summed E-state index contributed by atoms with van der Waals surface area (Å²) in [7, 11) is 0. The molecule has 2 rings (SSSR count). The summed E-state index contributed by atoms with van der Waals surface area (Å²) in [6, 6.07) is -1.76. The minimum absolute atomic E-state index is 0.0574. The summed E-state index contributed by atoms with van der Waals surface area (Å²) in [5.74, 6) is -4.45. The molecule has 4 amide bonds. The Morgan fingerprint density at radius 3 is 2.33 bits per heavy atom. The van der Waals surface area contributed by atoms with Gasteiger partial charge in [0.1, 0.15) is 18.1 Å². The van der Waals surface area contributed by atoms with Crippen molar-refractivity contribution in [3.05, 3.63) is 0 Å². The zero-order valence-corrected chi connectivity index (χ0v) is 21.1. The fraction of sp³-hybridized carbons (Fsp3) is 0.783. The molecule has 202 valence electrons. The molecule has 2 heterocycles. The quantitative estimate of drug-likeness (QED) is 0.439. The van der Waals surface area contributed by atoms with Gasteiger partial charge in [0.15, 0.2) is 0 Å². The zero-order valence-electron chi connectivity index (χ0n) is 21.1. The van der Waals surface area contributed by atoms with Crippen LogP contribution in [-0.4, -0.2) is 78.1 Å². The number of carbonyl (C=O) groups is 4. The Labute approximate surface area is 208 Å². The number of ether oxygens (including phenoxy) is 1. The highest BCUT2D eigenvalue weighted by Gasteiger charge is 2.48. The van der Waals surface area contributed by atoms with Crippen molar-refractivity contribution in [1.29, 1.82) is 5.26 Å². The molecular formula is C23H34F3N5O5. The first-order valence-electron chi connectivity index (χ1n) is 11.9. The number of alkyl halides is 3. The lowest BCUT2D eigenvalue weighted by atomic mass is 9.85. The van der Waals surface area contributed by atoms with Crippen LogP contribution in [0.1, 0.15) is 53.9 Å². The van der Waals surface area contributed by atoms with Crippen molar-refractivity contribution in [1.82, 2.24) is 20.9 Å². The molecule has 36 heavy (non-hydrogen) atoms. The third-order valence-electron chi connectivity index (χ3n) is 6.11. The molecule has 0 bridgehead atoms. The maximum Gasteiger partial charge on any atom is 0.471 e. The summed E-state index contributed by atoms with van der Waals surface area (Å²) in [5.41, 5.74) is -1.11. The van der Waals surface area contributed by atoms with Gasteiger partial charge in [0.2, 0.25) is 17.7 Å². The van der Waals surface area contributed by atoms with Crippen molar-refractivity contribution >= 4 is 23.6 Å². The summed E-state index contributed by atoms with van der Waals surface area (Å²) < 4.78 is 44.6. The molecule has 2 aliphatic heterocycles. The molecule has 0 aromatic carbocycles. The van der Waals surface area contributed by atoms with Crippen LogP contribution in [0.3, 0.4) is 0 Å². The largest absolute Gasteiger partial charge is 0.471 e. The smallest absolute Gasteiger partial charge is 0.374 e. The summed E-state index contributed by atoms with van der Waals surface area (Å²) >= 11 is 0. The van der Waals surface area contributed by atoms with E-state index in [1.54, 1.807) is 19.2 Å². The number of nitrogens with one attached hydrogen (secondary N) is 3. The van der Waals surface area contributed by atoms with Crippen LogP contribution in [-0.2, 0) is 23.9 Å². The molecule has 2 fully saturated rings. The van der Waals surface area contributed by atoms with E-state index in [0.29, 0.717) is 13.0 Å². The van der Waals surface area contributed by atoms with Gasteiger partial charge in [0.25, 0.3) is 0 Å². The second-order valence-corrected chi connectivity index (χ2v) is 10.5. The number of nitriles is 1. The van der Waals surface area contributed by atoms with E-state index >= 15 is 0 Å². The van der Waals surface area contributed by atoms with Crippen LogP contribution in [0, 0.1) is 22.7 Å². The van der Waals surface area contributed by atoms with Crippen molar-refractivity contribution in [3.63, 3.8) is 0 Å². The average molecular weight is 518 g/mol. The predicted molar refractivity (Wildman–Crippen MR) is 121 cm³/mol. The van der Waals surface area contributed by atoms with Gasteiger partial charge >= 0.3 is 12.1 Å². The fourth-order valence-electron chi connectivity index (χ4n) is 4.37. The molecule has 0 saturated carbocycles. The van der Waals surface area contributed by atoms with Gasteiger partial charge in [-0.1, -0.05) is 20.8 Å². The first kappa shape index (κ1) is 29.4. The van der Waals surface area contributed by atoms with Crippen molar-refractivity contribution in [2.24, 2.45) is 11.3 Å². The minimum atomic E-state index is -5.19. The van der Waals surface area contributed by atoms with Crippen molar-refractivity contribution in [2.75, 3.05) is 13.1 Å². The van der Waals surface area contributed by atoms with Gasteiger partial charge in [-0.3, -0.25) is 19.2 Å². The highest BCUT2D eigenvalue weighted by atomic mass is 19.4. The molecule has 2 aliphatic rings. The lowest BCUT2D eigenvalue weighted by Crippen LogP contribution is -2.59. The molecule has 2 unspecified atom stereocenters. The van der Waals surface area contributed by atoms with Crippen molar-refractivity contribution < 1.29 is 37.1 Å². The Kier molecular flexibility index (Phi) is 9.34. The second-order valence-electron chi connectivity index (χ2n) is 10.5. The summed E-state index contributed by atoms with van der Waals surface area (Å²) in [5, 5.41) is 16.5. The minimum Gasteiger partial charge on any atom is -0.374 e. The highest BCUT2D eigenvalue weighted by molar-refractivity contribution is 5.94. The van der Waals surface area contributed by atoms with E-state index in [2.05, 4.69) is 10.6 Å². The highest BCUT2D eigenvalue weighted by Crippen LogP contribution is 2.29. The fourth-order valence-corrected chi connectivity index (χ4v) is 4.37. The van der Waals surface area contributed by atoms with Crippen LogP contribution in [0.25, 0.3) is 0 Å². The number of hydrogen-bond acceptors (Lipinski definition) is 6. The lowest BCUT2D eigenvalue weighted by Gasteiger charge is -2.35. The van der Waals surface area contributed by atoms with Crippen LogP contribution in [0.15, 0.2) is 0 Å². The van der Waals surface area contributed by atoms with E-state index in [0.717, 1.165) is 4.90 Å². The molecule has 0 aliphatic carbocycles. The van der Waals surface area contributed by atoms with Gasteiger partial charge in [-0.15, -0.1) is 0 Å². The number of likely N-dealkylation sites (tertiary alicyclic amines) is 1. The van der Waals surface area contributed by atoms with E-state index in [1.165, 1.54) is 20.8 Å². The molecule has 5 atom stereocenters. The number of nitrogens with zero attached hydrogens (tertiary/aromatic N) is 2. The van der Waals surface area contributed by atoms with Crippen molar-refractivity contribution in [2.45, 2.75) is 90.4 Å². The van der Waals surface area contributed by atoms with Gasteiger partial charge < -0.3 is 25.6 Å². The SMILES string of the molecule is CC(C)O[C@@H]1CC(C(=O)N[C@H](C#N)CC2CCNC2=O)N(C(=O)[C@@H](NC(=O)C(F)(F)F)C(C)(C)C)C1. The third-order valence-corrected chi connectivity index (χ3v) is 6.11. The summed E-state index contributed by atoms with van der Waals surface area (Å²) in [6.07, 6.45) is -5.34. The maximum atomic E-state index is 13.5. The summed E-state index contributed by atoms with van der Waals surface area (Å²) in [6.45, 7) is 8.42. The van der Waals surface area contributed by atoms with Crippen molar-refractivity contribution in [3.8, 4) is 6.07 Å². The van der Waals surface area contributed by atoms with Crippen LogP contribution < -0.4 is 16.0 Å². The standard InChI is InChI=1S/C23H34F3N5O5/c1-12(2)36-15-9-16(19(33)29-14(10-27)8-13-6-7-28-18(13)32)31(11-15)20(34)17(22(3,4)5)30-21(35)23(24,25)26/h12-17H,6-9,11H2,1-5H3,(H,28,32)(H,29,33)(H,30,35)/t13?,14-,15+,16?,17+/m0/s1. The molecular weight excluding hydrogens is 483 g/mol. The molecule has 0 spiro atoms. The molecule has 13 heteroatoms. The molecule has 3 N–H and O–H groups in total. The number of hydrogen-bond donors (Lipinski definition) is 3. The second kappa shape index (κ2) is 11.5. The zero-order chi connectivity index (χ0) is 27.4. The average Bonchev–Trinajstić information content (AvgIpc) is 3.34. The Morgan fingerprint density at radius 1 is 1.22 bits per heavy atom. The topological polar surface area (TPSA) is 141 Å². The van der Waals surface area contributed by atoms with E-state index in [1.807, 2.05) is 6.07 Å². The third kappa shape index (κ3) is 7.56. The molecule has 2 saturated heterocycles. The van der Waals surface area contributed by atoms with Gasteiger partial charge in [-0.05, 0) is 32.1 Å². The van der Waals surface area contributed by atoms with E-state index in [-0.39, 0.29) is 31.4 Å². The van der Waals surface area contributed by atoms with Gasteiger partial charge in [-0.2, -0.15) is 18.4 Å². The Morgan fingerprint density at radius 2 is 1.86 bits per heavy atom. The number of halogens is 3. The first-order valence-corrected chi connectivity index (χ1v) is 11.9. The van der Waals surface area contributed by atoms with Crippen LogP contribution in [0.4, 0.5) is 13.2 Å². The molecule has 0 aromatic rings. The van der Waals surface area contributed by atoms with Gasteiger partial charge in [-0.25, -0.2) is 0 Å². The monoisotopic (exact) mass is 517 g/mol. The number of carbonyl (C=O) groups excluding carboxylic acids is 4. The van der Waals surface area contributed by atoms with Crippen LogP contribution >= 0.6 is 0 Å². The Hall–Kier alpha value is -2.88.